The fourth-order valence-corrected chi connectivity index (χ4v) is 2.08. The average molecular weight is 308 g/mol. The van der Waals surface area contributed by atoms with Crippen LogP contribution in [0, 0.1) is 5.82 Å². The lowest BCUT2D eigenvalue weighted by Crippen LogP contribution is -2.27. The number of hydrogen-bond donors (Lipinski definition) is 1. The number of hydrogen-bond acceptors (Lipinski definition) is 3. The van der Waals surface area contributed by atoms with E-state index in [1.165, 1.54) is 17.0 Å². The number of carbonyl (C=O) groups excluding carboxylic acids is 1. The van der Waals surface area contributed by atoms with Gasteiger partial charge in [0.25, 0.3) is 5.91 Å². The average Bonchev–Trinajstić information content (AvgIpc) is 2.47. The van der Waals surface area contributed by atoms with Gasteiger partial charge in [0.2, 0.25) is 0 Å². The molecule has 0 radical (unpaired) electrons. The molecule has 1 heterocycles. The smallest absolute Gasteiger partial charge is 0.274 e. The number of carbonyl (C=O) groups is 1. The van der Waals surface area contributed by atoms with Gasteiger partial charge in [0.05, 0.1) is 5.02 Å². The van der Waals surface area contributed by atoms with Gasteiger partial charge in [-0.2, -0.15) is 0 Å². The predicted molar refractivity (Wildman–Crippen MR) is 81.0 cm³/mol. The van der Waals surface area contributed by atoms with Gasteiger partial charge in [0.15, 0.2) is 0 Å². The van der Waals surface area contributed by atoms with Crippen molar-refractivity contribution in [2.45, 2.75) is 6.54 Å². The van der Waals surface area contributed by atoms with Crippen LogP contribution in [0.15, 0.2) is 36.4 Å². The Kier molecular flexibility index (Phi) is 4.75. The third-order valence-corrected chi connectivity index (χ3v) is 3.27. The number of nitrogens with one attached hydrogen (secondary N) is 1. The van der Waals surface area contributed by atoms with E-state index in [-0.39, 0.29) is 29.0 Å². The summed E-state index contributed by atoms with van der Waals surface area (Å²) < 4.78 is 13.2. The molecular weight excluding hydrogens is 293 g/mol. The molecule has 1 aromatic heterocycles. The number of benzene rings is 1. The zero-order valence-electron chi connectivity index (χ0n) is 11.7. The molecule has 2 rings (SSSR count). The van der Waals surface area contributed by atoms with Crippen LogP contribution in [0.1, 0.15) is 16.1 Å². The lowest BCUT2D eigenvalue weighted by Gasteiger charge is -2.18. The molecule has 0 fully saturated rings. The van der Waals surface area contributed by atoms with E-state index in [4.69, 9.17) is 11.6 Å². The summed E-state index contributed by atoms with van der Waals surface area (Å²) in [5.41, 5.74) is 0.870. The highest BCUT2D eigenvalue weighted by Gasteiger charge is 2.17. The van der Waals surface area contributed by atoms with Gasteiger partial charge < -0.3 is 10.2 Å². The standard InChI is InChI=1S/C15H15ClFN3O/c1-18-13-7-6-12(16)14(19-13)15(21)20(2)9-10-4-3-5-11(17)8-10/h3-8H,9H2,1-2H3,(H,18,19). The molecule has 0 aliphatic heterocycles. The van der Waals surface area contributed by atoms with E-state index in [0.717, 1.165) is 0 Å². The first-order valence-electron chi connectivity index (χ1n) is 6.35. The molecule has 0 bridgehead atoms. The fourth-order valence-electron chi connectivity index (χ4n) is 1.89. The normalized spacial score (nSPS) is 10.3. The molecule has 1 aromatic carbocycles. The van der Waals surface area contributed by atoms with E-state index in [1.54, 1.807) is 38.4 Å². The summed E-state index contributed by atoms with van der Waals surface area (Å²) in [5, 5.41) is 3.14. The number of aromatic nitrogens is 1. The van der Waals surface area contributed by atoms with E-state index in [9.17, 15) is 9.18 Å². The summed E-state index contributed by atoms with van der Waals surface area (Å²) in [7, 11) is 3.33. The highest BCUT2D eigenvalue weighted by atomic mass is 35.5. The highest BCUT2D eigenvalue weighted by Crippen LogP contribution is 2.19. The molecule has 0 atom stereocenters. The molecule has 0 aliphatic carbocycles. The summed E-state index contributed by atoms with van der Waals surface area (Å²) >= 11 is 6.02. The summed E-state index contributed by atoms with van der Waals surface area (Å²) in [6, 6.07) is 9.42. The topological polar surface area (TPSA) is 45.2 Å². The predicted octanol–water partition coefficient (Wildman–Crippen LogP) is 3.19. The zero-order chi connectivity index (χ0) is 15.4. The van der Waals surface area contributed by atoms with E-state index in [1.807, 2.05) is 0 Å². The van der Waals surface area contributed by atoms with Gasteiger partial charge in [0, 0.05) is 20.6 Å². The Balaban J connectivity index is 2.19. The number of pyridine rings is 1. The Labute approximate surface area is 127 Å². The van der Waals surface area contributed by atoms with Crippen molar-refractivity contribution in [3.8, 4) is 0 Å². The van der Waals surface area contributed by atoms with Gasteiger partial charge in [-0.1, -0.05) is 23.7 Å². The third kappa shape index (κ3) is 3.70. The van der Waals surface area contributed by atoms with Gasteiger partial charge in [0.1, 0.15) is 17.3 Å². The molecule has 110 valence electrons. The molecule has 0 spiro atoms. The molecule has 2 aromatic rings. The van der Waals surface area contributed by atoms with Gasteiger partial charge in [-0.3, -0.25) is 4.79 Å². The van der Waals surface area contributed by atoms with Crippen LogP contribution >= 0.6 is 11.6 Å². The SMILES string of the molecule is CNc1ccc(Cl)c(C(=O)N(C)Cc2cccc(F)c2)n1. The van der Waals surface area contributed by atoms with Crippen molar-refractivity contribution in [3.05, 3.63) is 58.5 Å². The van der Waals surface area contributed by atoms with Crippen LogP contribution < -0.4 is 5.32 Å². The Morgan fingerprint density at radius 3 is 2.81 bits per heavy atom. The van der Waals surface area contributed by atoms with Crippen molar-refractivity contribution in [2.24, 2.45) is 0 Å². The van der Waals surface area contributed by atoms with Crippen LogP contribution in [-0.2, 0) is 6.54 Å². The van der Waals surface area contributed by atoms with Gasteiger partial charge in [-0.15, -0.1) is 0 Å². The maximum Gasteiger partial charge on any atom is 0.274 e. The van der Waals surface area contributed by atoms with E-state index in [0.29, 0.717) is 11.4 Å². The molecule has 0 saturated carbocycles. The zero-order valence-corrected chi connectivity index (χ0v) is 12.5. The summed E-state index contributed by atoms with van der Waals surface area (Å²) in [6.07, 6.45) is 0. The third-order valence-electron chi connectivity index (χ3n) is 2.96. The van der Waals surface area contributed by atoms with Crippen molar-refractivity contribution in [3.63, 3.8) is 0 Å². The van der Waals surface area contributed by atoms with E-state index >= 15 is 0 Å². The van der Waals surface area contributed by atoms with Crippen molar-refractivity contribution < 1.29 is 9.18 Å². The second-order valence-electron chi connectivity index (χ2n) is 4.57. The Morgan fingerprint density at radius 2 is 2.14 bits per heavy atom. The lowest BCUT2D eigenvalue weighted by atomic mass is 10.2. The summed E-state index contributed by atoms with van der Waals surface area (Å²) in [4.78, 5) is 18.0. The first kappa shape index (κ1) is 15.3. The first-order valence-corrected chi connectivity index (χ1v) is 6.73. The fraction of sp³-hybridized carbons (Fsp3) is 0.200. The molecule has 21 heavy (non-hydrogen) atoms. The molecule has 1 amide bonds. The Hall–Kier alpha value is -2.14. The van der Waals surface area contributed by atoms with Crippen molar-refractivity contribution >= 4 is 23.3 Å². The largest absolute Gasteiger partial charge is 0.373 e. The van der Waals surface area contributed by atoms with Crippen LogP contribution in [0.2, 0.25) is 5.02 Å². The van der Waals surface area contributed by atoms with Gasteiger partial charge in [-0.05, 0) is 29.8 Å². The highest BCUT2D eigenvalue weighted by molar-refractivity contribution is 6.33. The van der Waals surface area contributed by atoms with E-state index in [2.05, 4.69) is 10.3 Å². The van der Waals surface area contributed by atoms with Crippen molar-refractivity contribution in [1.29, 1.82) is 0 Å². The molecule has 0 aliphatic rings. The minimum atomic E-state index is -0.332. The molecule has 1 N–H and O–H groups in total. The minimum Gasteiger partial charge on any atom is -0.373 e. The van der Waals surface area contributed by atoms with Crippen LogP contribution in [0.4, 0.5) is 10.2 Å². The van der Waals surface area contributed by atoms with Crippen LogP contribution in [-0.4, -0.2) is 29.9 Å². The maximum atomic E-state index is 13.2. The first-order chi connectivity index (χ1) is 10.0. The second kappa shape index (κ2) is 6.54. The van der Waals surface area contributed by atoms with Crippen LogP contribution in [0.5, 0.6) is 0 Å². The number of amides is 1. The quantitative estimate of drug-likeness (QED) is 0.943. The molecular formula is C15H15ClFN3O. The monoisotopic (exact) mass is 307 g/mol. The molecule has 4 nitrogen and oxygen atoms in total. The molecule has 0 unspecified atom stereocenters. The Morgan fingerprint density at radius 1 is 1.38 bits per heavy atom. The van der Waals surface area contributed by atoms with Crippen LogP contribution in [0.25, 0.3) is 0 Å². The van der Waals surface area contributed by atoms with Gasteiger partial charge in [-0.25, -0.2) is 9.37 Å². The second-order valence-corrected chi connectivity index (χ2v) is 4.98. The summed E-state index contributed by atoms with van der Waals surface area (Å²) in [5.74, 6) is -0.0926. The minimum absolute atomic E-state index is 0.169. The summed E-state index contributed by atoms with van der Waals surface area (Å²) in [6.45, 7) is 0.276. The number of anilines is 1. The number of rotatable bonds is 4. The number of nitrogens with zero attached hydrogens (tertiary/aromatic N) is 2. The number of halogens is 2. The van der Waals surface area contributed by atoms with Crippen molar-refractivity contribution in [1.82, 2.24) is 9.88 Å². The van der Waals surface area contributed by atoms with Crippen LogP contribution in [0.3, 0.4) is 0 Å². The Bertz CT molecular complexity index is 663. The maximum absolute atomic E-state index is 13.2. The van der Waals surface area contributed by atoms with Gasteiger partial charge >= 0.3 is 0 Å². The molecule has 6 heteroatoms. The molecule has 0 saturated heterocycles. The van der Waals surface area contributed by atoms with Crippen molar-refractivity contribution in [2.75, 3.05) is 19.4 Å². The lowest BCUT2D eigenvalue weighted by molar-refractivity contribution is 0.0779. The van der Waals surface area contributed by atoms with E-state index < -0.39 is 0 Å².